The lowest BCUT2D eigenvalue weighted by atomic mass is 10.1. The summed E-state index contributed by atoms with van der Waals surface area (Å²) in [7, 11) is 0. The van der Waals surface area contributed by atoms with Crippen LogP contribution in [-0.4, -0.2) is 35.8 Å². The second-order valence-corrected chi connectivity index (χ2v) is 4.81. The number of carbonyl (C=O) groups is 2. The molecule has 5 heteroatoms. The average Bonchev–Trinajstić information content (AvgIpc) is 2.48. The van der Waals surface area contributed by atoms with Crippen LogP contribution < -0.4 is 5.32 Å². The van der Waals surface area contributed by atoms with Gasteiger partial charge in [-0.25, -0.2) is 0 Å². The summed E-state index contributed by atoms with van der Waals surface area (Å²) < 4.78 is 0. The number of benzene rings is 1. The predicted molar refractivity (Wildman–Crippen MR) is 80.9 cm³/mol. The van der Waals surface area contributed by atoms with Crippen molar-refractivity contribution in [2.24, 2.45) is 0 Å². The Labute approximate surface area is 125 Å². The van der Waals surface area contributed by atoms with Gasteiger partial charge in [0, 0.05) is 24.5 Å². The van der Waals surface area contributed by atoms with Crippen molar-refractivity contribution in [3.8, 4) is 0 Å². The highest BCUT2D eigenvalue weighted by molar-refractivity contribution is 6.17. The van der Waals surface area contributed by atoms with E-state index in [0.29, 0.717) is 24.5 Å². The van der Waals surface area contributed by atoms with Crippen molar-refractivity contribution < 1.29 is 9.59 Å². The second kappa shape index (κ2) is 7.90. The molecule has 0 saturated heterocycles. The first-order chi connectivity index (χ1) is 9.53. The minimum absolute atomic E-state index is 0.0724. The van der Waals surface area contributed by atoms with Crippen molar-refractivity contribution >= 4 is 23.4 Å². The van der Waals surface area contributed by atoms with E-state index in [9.17, 15) is 9.59 Å². The summed E-state index contributed by atoms with van der Waals surface area (Å²) in [5.74, 6) is 0.0246. The predicted octanol–water partition coefficient (Wildman–Crippen LogP) is 2.41. The Morgan fingerprint density at radius 3 is 2.50 bits per heavy atom. The third kappa shape index (κ3) is 4.23. The van der Waals surface area contributed by atoms with Crippen LogP contribution in [0.15, 0.2) is 24.3 Å². The lowest BCUT2D eigenvalue weighted by Gasteiger charge is -2.23. The second-order valence-electron chi connectivity index (χ2n) is 4.54. The van der Waals surface area contributed by atoms with E-state index in [2.05, 4.69) is 5.32 Å². The van der Waals surface area contributed by atoms with Crippen molar-refractivity contribution in [3.05, 3.63) is 35.4 Å². The Morgan fingerprint density at radius 2 is 1.95 bits per heavy atom. The van der Waals surface area contributed by atoms with Crippen molar-refractivity contribution in [1.29, 1.82) is 0 Å². The summed E-state index contributed by atoms with van der Waals surface area (Å²) in [5.41, 5.74) is 1.39. The lowest BCUT2D eigenvalue weighted by molar-refractivity contribution is -0.132. The molecule has 0 fully saturated rings. The Morgan fingerprint density at radius 1 is 1.30 bits per heavy atom. The van der Waals surface area contributed by atoms with Crippen LogP contribution >= 0.6 is 11.6 Å². The van der Waals surface area contributed by atoms with Gasteiger partial charge in [0.25, 0.3) is 5.91 Å². The maximum absolute atomic E-state index is 12.1. The highest BCUT2D eigenvalue weighted by Crippen LogP contribution is 2.08. The SMILES string of the molecule is CCN(CC)C(=O)C(C)NC(=O)c1cccc(CCl)c1. The highest BCUT2D eigenvalue weighted by atomic mass is 35.5. The van der Waals surface area contributed by atoms with Gasteiger partial charge in [-0.15, -0.1) is 11.6 Å². The molecule has 0 spiro atoms. The molecule has 20 heavy (non-hydrogen) atoms. The number of carbonyl (C=O) groups excluding carboxylic acids is 2. The monoisotopic (exact) mass is 296 g/mol. The Balaban J connectivity index is 2.72. The van der Waals surface area contributed by atoms with Gasteiger partial charge in [0.1, 0.15) is 6.04 Å². The molecule has 1 unspecified atom stereocenters. The van der Waals surface area contributed by atoms with E-state index in [1.54, 1.807) is 30.0 Å². The maximum atomic E-state index is 12.1. The number of nitrogens with zero attached hydrogens (tertiary/aromatic N) is 1. The molecular formula is C15H21ClN2O2. The first-order valence-electron chi connectivity index (χ1n) is 6.78. The topological polar surface area (TPSA) is 49.4 Å². The van der Waals surface area contributed by atoms with Gasteiger partial charge in [0.05, 0.1) is 0 Å². The first kappa shape index (κ1) is 16.5. The molecule has 0 saturated carbocycles. The summed E-state index contributed by atoms with van der Waals surface area (Å²) in [6.07, 6.45) is 0. The zero-order chi connectivity index (χ0) is 15.1. The van der Waals surface area contributed by atoms with E-state index >= 15 is 0 Å². The van der Waals surface area contributed by atoms with Gasteiger partial charge in [0.15, 0.2) is 0 Å². The molecule has 0 aromatic heterocycles. The number of likely N-dealkylation sites (N-methyl/N-ethyl adjacent to an activating group) is 1. The van der Waals surface area contributed by atoms with E-state index in [4.69, 9.17) is 11.6 Å². The van der Waals surface area contributed by atoms with E-state index in [1.165, 1.54) is 0 Å². The van der Waals surface area contributed by atoms with Gasteiger partial charge in [0.2, 0.25) is 5.91 Å². The molecule has 1 aromatic carbocycles. The van der Waals surface area contributed by atoms with Crippen LogP contribution in [0.5, 0.6) is 0 Å². The van der Waals surface area contributed by atoms with Crippen molar-refractivity contribution in [1.82, 2.24) is 10.2 Å². The van der Waals surface area contributed by atoms with Gasteiger partial charge in [-0.05, 0) is 38.5 Å². The molecule has 0 aliphatic heterocycles. The summed E-state index contributed by atoms with van der Waals surface area (Å²) in [5, 5.41) is 2.72. The zero-order valence-corrected chi connectivity index (χ0v) is 12.9. The third-order valence-electron chi connectivity index (χ3n) is 3.14. The summed E-state index contributed by atoms with van der Waals surface area (Å²) in [6, 6.07) is 6.54. The van der Waals surface area contributed by atoms with Gasteiger partial charge in [-0.1, -0.05) is 12.1 Å². The maximum Gasteiger partial charge on any atom is 0.251 e. The quantitative estimate of drug-likeness (QED) is 0.820. The van der Waals surface area contributed by atoms with Crippen LogP contribution in [-0.2, 0) is 10.7 Å². The van der Waals surface area contributed by atoms with Crippen LogP contribution in [0.1, 0.15) is 36.7 Å². The molecule has 0 aliphatic rings. The van der Waals surface area contributed by atoms with Crippen molar-refractivity contribution in [3.63, 3.8) is 0 Å². The van der Waals surface area contributed by atoms with Gasteiger partial charge in [-0.3, -0.25) is 9.59 Å². The fraction of sp³-hybridized carbons (Fsp3) is 0.467. The molecule has 0 heterocycles. The smallest absolute Gasteiger partial charge is 0.251 e. The van der Waals surface area contributed by atoms with Crippen molar-refractivity contribution in [2.45, 2.75) is 32.7 Å². The van der Waals surface area contributed by atoms with Crippen molar-refractivity contribution in [2.75, 3.05) is 13.1 Å². The summed E-state index contributed by atoms with van der Waals surface area (Å²) >= 11 is 5.75. The van der Waals surface area contributed by atoms with Gasteiger partial charge < -0.3 is 10.2 Å². The minimum atomic E-state index is -0.540. The normalized spacial score (nSPS) is 11.8. The van der Waals surface area contributed by atoms with E-state index < -0.39 is 6.04 Å². The third-order valence-corrected chi connectivity index (χ3v) is 3.45. The molecule has 4 nitrogen and oxygen atoms in total. The number of hydrogen-bond donors (Lipinski definition) is 1. The number of alkyl halides is 1. The number of nitrogens with one attached hydrogen (secondary N) is 1. The van der Waals surface area contributed by atoms with Gasteiger partial charge in [-0.2, -0.15) is 0 Å². The molecule has 1 aromatic rings. The molecular weight excluding hydrogens is 276 g/mol. The largest absolute Gasteiger partial charge is 0.341 e. The number of rotatable bonds is 6. The van der Waals surface area contributed by atoms with Crippen LogP contribution in [0, 0.1) is 0 Å². The number of amides is 2. The summed E-state index contributed by atoms with van der Waals surface area (Å²) in [6.45, 7) is 6.80. The fourth-order valence-corrected chi connectivity index (χ4v) is 2.11. The molecule has 0 radical (unpaired) electrons. The summed E-state index contributed by atoms with van der Waals surface area (Å²) in [4.78, 5) is 25.9. The first-order valence-corrected chi connectivity index (χ1v) is 7.31. The van der Waals surface area contributed by atoms with E-state index in [-0.39, 0.29) is 11.8 Å². The fourth-order valence-electron chi connectivity index (χ4n) is 1.95. The van der Waals surface area contributed by atoms with Gasteiger partial charge >= 0.3 is 0 Å². The highest BCUT2D eigenvalue weighted by Gasteiger charge is 2.20. The average molecular weight is 297 g/mol. The van der Waals surface area contributed by atoms with Crippen LogP contribution in [0.2, 0.25) is 0 Å². The molecule has 2 amide bonds. The molecule has 1 atom stereocenters. The minimum Gasteiger partial charge on any atom is -0.341 e. The molecule has 1 rings (SSSR count). The molecule has 1 N–H and O–H groups in total. The van der Waals surface area contributed by atoms with Crippen LogP contribution in [0.4, 0.5) is 0 Å². The Kier molecular flexibility index (Phi) is 6.52. The van der Waals surface area contributed by atoms with E-state index in [0.717, 1.165) is 5.56 Å². The van der Waals surface area contributed by atoms with E-state index in [1.807, 2.05) is 19.9 Å². The molecule has 0 aliphatic carbocycles. The number of hydrogen-bond acceptors (Lipinski definition) is 2. The Hall–Kier alpha value is -1.55. The molecule has 110 valence electrons. The zero-order valence-electron chi connectivity index (χ0n) is 12.1. The Bertz CT molecular complexity index is 473. The van der Waals surface area contributed by atoms with Crippen LogP contribution in [0.3, 0.4) is 0 Å². The lowest BCUT2D eigenvalue weighted by Crippen LogP contribution is -2.46. The molecule has 0 bridgehead atoms. The number of halogens is 1. The standard InChI is InChI=1S/C15H21ClN2O2/c1-4-18(5-2)15(20)11(3)17-14(19)13-8-6-7-12(9-13)10-16/h6-9,11H,4-5,10H2,1-3H3,(H,17,19). The van der Waals surface area contributed by atoms with Crippen LogP contribution in [0.25, 0.3) is 0 Å².